The van der Waals surface area contributed by atoms with Gasteiger partial charge in [0.15, 0.2) is 0 Å². The molecule has 376 valence electrons. The zero-order chi connectivity index (χ0) is 47.3. The number of phosphoric acid groups is 1. The van der Waals surface area contributed by atoms with Gasteiger partial charge in [-0.3, -0.25) is 13.8 Å². The fraction of sp³-hybridized carbons (Fsp3) is 0.860. The molecule has 0 aromatic carbocycles. The molecular formula is C50H94NO12P. The highest BCUT2D eigenvalue weighted by atomic mass is 31.2. The van der Waals surface area contributed by atoms with Gasteiger partial charge >= 0.3 is 7.82 Å². The topological polar surface area (TPSA) is 226 Å². The van der Waals surface area contributed by atoms with Crippen LogP contribution in [0, 0.1) is 0 Å². The molecule has 1 saturated carbocycles. The fourth-order valence-electron chi connectivity index (χ4n) is 8.02. The largest absolute Gasteiger partial charge is 0.472 e. The van der Waals surface area contributed by atoms with E-state index in [2.05, 4.69) is 43.5 Å². The number of carbonyl (C=O) groups excluding carboxylic acids is 1. The summed E-state index contributed by atoms with van der Waals surface area (Å²) >= 11 is 0. The molecule has 14 heteroatoms. The Balaban J connectivity index is 2.47. The summed E-state index contributed by atoms with van der Waals surface area (Å²) in [6.45, 7) is 3.73. The third-order valence-corrected chi connectivity index (χ3v) is 13.2. The molecule has 1 aliphatic rings. The number of nitrogens with one attached hydrogen (secondary N) is 1. The summed E-state index contributed by atoms with van der Waals surface area (Å²) in [6.07, 6.45) is 32.4. The molecule has 0 spiro atoms. The molecule has 0 aromatic heterocycles. The number of phosphoric ester groups is 1. The van der Waals surface area contributed by atoms with E-state index >= 15 is 0 Å². The SMILES string of the molecule is CCCCCCCCC/C=C/CC/C=C/C(O)C(COP(=O)(O)OC1C(O)C(O)C(O)C(O)C1O)NC(=O)CC(O)CCCCCCC/C=C\CCCCCCCCCCCCCC. The normalized spacial score (nSPS) is 23.0. The Morgan fingerprint density at radius 3 is 1.38 bits per heavy atom. The second-order valence-electron chi connectivity index (χ2n) is 18.2. The van der Waals surface area contributed by atoms with Crippen molar-refractivity contribution in [3.63, 3.8) is 0 Å². The van der Waals surface area contributed by atoms with Crippen LogP contribution in [0.2, 0.25) is 0 Å². The molecule has 8 unspecified atom stereocenters. The molecule has 1 rings (SSSR count). The number of rotatable bonds is 42. The summed E-state index contributed by atoms with van der Waals surface area (Å²) in [5.41, 5.74) is 0. The monoisotopic (exact) mass is 932 g/mol. The first-order valence-corrected chi connectivity index (χ1v) is 27.0. The maximum Gasteiger partial charge on any atom is 0.472 e. The van der Waals surface area contributed by atoms with Crippen molar-refractivity contribution in [1.29, 1.82) is 0 Å². The van der Waals surface area contributed by atoms with E-state index in [1.807, 2.05) is 0 Å². The number of aliphatic hydroxyl groups excluding tert-OH is 7. The predicted molar refractivity (Wildman–Crippen MR) is 257 cm³/mol. The molecule has 1 amide bonds. The van der Waals surface area contributed by atoms with E-state index in [4.69, 9.17) is 9.05 Å². The Hall–Kier alpha value is -1.48. The Labute approximate surface area is 387 Å². The summed E-state index contributed by atoms with van der Waals surface area (Å²) in [6, 6.07) is -1.26. The van der Waals surface area contributed by atoms with Gasteiger partial charge in [-0.15, -0.1) is 0 Å². The molecule has 1 aliphatic carbocycles. The minimum atomic E-state index is -5.15. The Morgan fingerprint density at radius 2 is 0.922 bits per heavy atom. The van der Waals surface area contributed by atoms with E-state index < -0.39 is 75.2 Å². The number of hydrogen-bond donors (Lipinski definition) is 9. The van der Waals surface area contributed by atoms with Crippen LogP contribution in [0.15, 0.2) is 36.5 Å². The van der Waals surface area contributed by atoms with E-state index in [1.54, 1.807) is 6.08 Å². The van der Waals surface area contributed by atoms with Gasteiger partial charge in [0.25, 0.3) is 0 Å². The van der Waals surface area contributed by atoms with Crippen LogP contribution in [-0.2, 0) is 18.4 Å². The van der Waals surface area contributed by atoms with Crippen LogP contribution < -0.4 is 5.32 Å². The van der Waals surface area contributed by atoms with Gasteiger partial charge in [0, 0.05) is 0 Å². The minimum absolute atomic E-state index is 0.258. The van der Waals surface area contributed by atoms with Crippen molar-refractivity contribution in [2.45, 2.75) is 268 Å². The maximum absolute atomic E-state index is 13.0. The Kier molecular flexibility index (Phi) is 37.4. The molecule has 8 atom stereocenters. The van der Waals surface area contributed by atoms with Crippen LogP contribution in [0.25, 0.3) is 0 Å². The molecule has 64 heavy (non-hydrogen) atoms. The average Bonchev–Trinajstić information content (AvgIpc) is 3.27. The lowest BCUT2D eigenvalue weighted by molar-refractivity contribution is -0.220. The van der Waals surface area contributed by atoms with Gasteiger partial charge in [-0.25, -0.2) is 4.57 Å². The van der Waals surface area contributed by atoms with E-state index in [-0.39, 0.29) is 6.42 Å². The number of carbonyl (C=O) groups is 1. The molecule has 0 aliphatic heterocycles. The standard InChI is InChI=1S/C50H94NO12P/c1-3-5-7-9-11-13-15-17-18-19-20-21-22-23-24-26-27-29-31-33-35-37-41(52)39-44(54)51-42(43(53)38-36-34-32-30-28-25-16-14-12-10-8-6-4-2)40-62-64(60,61)63-50-48(58)46(56)45(55)47(57)49(50)59/h23-24,28,30,36,38,41-43,45-50,52-53,55-59H,3-22,25-27,29,31-35,37,39-40H2,1-2H3,(H,51,54)(H,60,61)/b24-23-,30-28+,38-36+. The zero-order valence-corrected chi connectivity index (χ0v) is 40.8. The van der Waals surface area contributed by atoms with Gasteiger partial charge < -0.3 is 46.0 Å². The highest BCUT2D eigenvalue weighted by Gasteiger charge is 2.51. The molecule has 13 nitrogen and oxygen atoms in total. The van der Waals surface area contributed by atoms with E-state index in [0.29, 0.717) is 12.8 Å². The molecule has 0 radical (unpaired) electrons. The Morgan fingerprint density at radius 1 is 0.547 bits per heavy atom. The van der Waals surface area contributed by atoms with Gasteiger partial charge in [0.1, 0.15) is 36.6 Å². The lowest BCUT2D eigenvalue weighted by Gasteiger charge is -2.41. The summed E-state index contributed by atoms with van der Waals surface area (Å²) in [7, 11) is -5.15. The third kappa shape index (κ3) is 30.7. The van der Waals surface area contributed by atoms with E-state index in [1.165, 1.54) is 122 Å². The van der Waals surface area contributed by atoms with Crippen LogP contribution in [0.5, 0.6) is 0 Å². The molecular weight excluding hydrogens is 838 g/mol. The van der Waals surface area contributed by atoms with Crippen molar-refractivity contribution in [2.75, 3.05) is 6.61 Å². The number of hydrogen-bond acceptors (Lipinski definition) is 11. The van der Waals surface area contributed by atoms with Crippen molar-refractivity contribution in [1.82, 2.24) is 5.32 Å². The summed E-state index contributed by atoms with van der Waals surface area (Å²) in [4.78, 5) is 23.5. The minimum Gasteiger partial charge on any atom is -0.393 e. The van der Waals surface area contributed by atoms with Crippen molar-refractivity contribution >= 4 is 13.7 Å². The smallest absolute Gasteiger partial charge is 0.393 e. The molecule has 0 bridgehead atoms. The second-order valence-corrected chi connectivity index (χ2v) is 19.6. The highest BCUT2D eigenvalue weighted by molar-refractivity contribution is 7.47. The first kappa shape index (κ1) is 60.5. The predicted octanol–water partition coefficient (Wildman–Crippen LogP) is 9.31. The summed E-state index contributed by atoms with van der Waals surface area (Å²) < 4.78 is 22.9. The van der Waals surface area contributed by atoms with Gasteiger partial charge in [0.05, 0.1) is 31.3 Å². The summed E-state index contributed by atoms with van der Waals surface area (Å²) in [5, 5.41) is 74.5. The maximum atomic E-state index is 13.0. The number of unbranched alkanes of at least 4 members (excludes halogenated alkanes) is 25. The lowest BCUT2D eigenvalue weighted by Crippen LogP contribution is -2.64. The van der Waals surface area contributed by atoms with Crippen molar-refractivity contribution in [3.05, 3.63) is 36.5 Å². The lowest BCUT2D eigenvalue weighted by atomic mass is 9.85. The van der Waals surface area contributed by atoms with Crippen molar-refractivity contribution < 1.29 is 59.0 Å². The third-order valence-electron chi connectivity index (χ3n) is 12.2. The van der Waals surface area contributed by atoms with Crippen LogP contribution in [0.3, 0.4) is 0 Å². The zero-order valence-electron chi connectivity index (χ0n) is 39.9. The number of amides is 1. The average molecular weight is 932 g/mol. The van der Waals surface area contributed by atoms with E-state index in [9.17, 15) is 50.0 Å². The van der Waals surface area contributed by atoms with E-state index in [0.717, 1.165) is 64.2 Å². The van der Waals surface area contributed by atoms with Gasteiger partial charge in [0.2, 0.25) is 5.91 Å². The quantitative estimate of drug-likeness (QED) is 0.0159. The van der Waals surface area contributed by atoms with Crippen LogP contribution in [0.4, 0.5) is 0 Å². The van der Waals surface area contributed by atoms with Crippen LogP contribution >= 0.6 is 7.82 Å². The first-order valence-electron chi connectivity index (χ1n) is 25.5. The van der Waals surface area contributed by atoms with Gasteiger partial charge in [-0.05, 0) is 57.8 Å². The van der Waals surface area contributed by atoms with Crippen molar-refractivity contribution in [3.8, 4) is 0 Å². The molecule has 0 aromatic rings. The first-order chi connectivity index (χ1) is 30.8. The molecule has 1 fully saturated rings. The number of allylic oxidation sites excluding steroid dienone is 5. The van der Waals surface area contributed by atoms with Crippen LogP contribution in [0.1, 0.15) is 213 Å². The van der Waals surface area contributed by atoms with Gasteiger partial charge in [-0.1, -0.05) is 185 Å². The summed E-state index contributed by atoms with van der Waals surface area (Å²) in [5.74, 6) is -0.607. The van der Waals surface area contributed by atoms with Crippen molar-refractivity contribution in [2.24, 2.45) is 0 Å². The van der Waals surface area contributed by atoms with Crippen LogP contribution in [-0.4, -0.2) is 108 Å². The van der Waals surface area contributed by atoms with Gasteiger partial charge in [-0.2, -0.15) is 0 Å². The highest BCUT2D eigenvalue weighted by Crippen LogP contribution is 2.47. The molecule has 0 saturated heterocycles. The Bertz CT molecular complexity index is 1240. The fourth-order valence-corrected chi connectivity index (χ4v) is 8.98. The second kappa shape index (κ2) is 39.5. The molecule has 9 N–H and O–H groups in total. The molecule has 0 heterocycles. The number of aliphatic hydroxyl groups is 7.